The molecule has 0 saturated heterocycles. The fourth-order valence-electron chi connectivity index (χ4n) is 1.51. The quantitative estimate of drug-likeness (QED) is 0.352. The van der Waals surface area contributed by atoms with E-state index >= 15 is 0 Å². The molecule has 0 rings (SSSR count). The molecule has 6 nitrogen and oxygen atoms in total. The van der Waals surface area contributed by atoms with E-state index in [1.54, 1.807) is 7.11 Å². The molecule has 0 unspecified atom stereocenters. The Kier molecular flexibility index (Phi) is 12.1. The van der Waals surface area contributed by atoms with Gasteiger partial charge in [0.15, 0.2) is 0 Å². The molecule has 0 aromatic rings. The number of methoxy groups -OCH3 is 1. The molecule has 0 atom stereocenters. The number of unbranched alkanes of at least 4 members (excludes halogenated alkanes) is 4. The van der Waals surface area contributed by atoms with Crippen LogP contribution in [0, 0.1) is 0 Å². The molecule has 0 fully saturated rings. The van der Waals surface area contributed by atoms with Gasteiger partial charge in [-0.15, -0.1) is 0 Å². The molecule has 0 amide bonds. The van der Waals surface area contributed by atoms with Gasteiger partial charge < -0.3 is 19.8 Å². The van der Waals surface area contributed by atoms with Crippen LogP contribution in [0.4, 0.5) is 0 Å². The summed E-state index contributed by atoms with van der Waals surface area (Å²) >= 11 is 0. The molecule has 0 aromatic carbocycles. The van der Waals surface area contributed by atoms with Crippen LogP contribution in [-0.4, -0.2) is 43.2 Å². The zero-order valence-electron chi connectivity index (χ0n) is 11.1. The van der Waals surface area contributed by atoms with E-state index in [1.807, 2.05) is 0 Å². The number of phosphoric acid groups is 1. The fraction of sp³-hybridized carbons (Fsp3) is 1.00. The SMILES string of the molecule is COCCCCNCCCCCCOP(=O)(O)O. The summed E-state index contributed by atoms with van der Waals surface area (Å²) in [5, 5.41) is 3.35. The van der Waals surface area contributed by atoms with E-state index in [2.05, 4.69) is 9.84 Å². The maximum Gasteiger partial charge on any atom is 0.469 e. The smallest absolute Gasteiger partial charge is 0.385 e. The molecule has 7 heteroatoms. The van der Waals surface area contributed by atoms with Crippen molar-refractivity contribution in [2.24, 2.45) is 0 Å². The Labute approximate surface area is 109 Å². The lowest BCUT2D eigenvalue weighted by Crippen LogP contribution is -2.17. The van der Waals surface area contributed by atoms with Gasteiger partial charge in [-0.3, -0.25) is 4.52 Å². The molecule has 0 aromatic heterocycles. The molecule has 3 N–H and O–H groups in total. The Morgan fingerprint density at radius 2 is 1.50 bits per heavy atom. The Bertz CT molecular complexity index is 221. The second-order valence-corrected chi connectivity index (χ2v) is 5.43. The van der Waals surface area contributed by atoms with Crippen molar-refractivity contribution in [2.75, 3.05) is 33.4 Å². The minimum atomic E-state index is -4.27. The highest BCUT2D eigenvalue weighted by Gasteiger charge is 2.12. The van der Waals surface area contributed by atoms with Crippen LogP contribution in [0.25, 0.3) is 0 Å². The van der Waals surface area contributed by atoms with Gasteiger partial charge in [-0.1, -0.05) is 12.8 Å². The average molecular weight is 283 g/mol. The molecular weight excluding hydrogens is 257 g/mol. The maximum atomic E-state index is 10.4. The van der Waals surface area contributed by atoms with Crippen LogP contribution in [0.3, 0.4) is 0 Å². The standard InChI is InChI=1S/C11H26NO5P/c1-16-10-7-5-9-12-8-4-2-3-6-11-17-18(13,14)15/h12H,2-11H2,1H3,(H2,13,14,15). The summed E-state index contributed by atoms with van der Waals surface area (Å²) in [6, 6.07) is 0. The molecule has 0 heterocycles. The molecule has 0 aliphatic heterocycles. The Hall–Kier alpha value is 0.0300. The first-order valence-electron chi connectivity index (χ1n) is 6.46. The van der Waals surface area contributed by atoms with Gasteiger partial charge in [-0.2, -0.15) is 0 Å². The van der Waals surface area contributed by atoms with Crippen LogP contribution in [0.2, 0.25) is 0 Å². The van der Waals surface area contributed by atoms with Gasteiger partial charge in [-0.05, 0) is 38.8 Å². The number of rotatable bonds is 13. The molecular formula is C11H26NO5P. The third kappa shape index (κ3) is 16.0. The summed E-state index contributed by atoms with van der Waals surface area (Å²) in [5.41, 5.74) is 0. The van der Waals surface area contributed by atoms with Gasteiger partial charge in [0.25, 0.3) is 0 Å². The van der Waals surface area contributed by atoms with Crippen molar-refractivity contribution in [2.45, 2.75) is 38.5 Å². The molecule has 0 saturated carbocycles. The van der Waals surface area contributed by atoms with Crippen molar-refractivity contribution in [1.82, 2.24) is 5.32 Å². The summed E-state index contributed by atoms with van der Waals surface area (Å²) in [7, 11) is -2.56. The van der Waals surface area contributed by atoms with Gasteiger partial charge >= 0.3 is 7.82 Å². The molecule has 0 radical (unpaired) electrons. The maximum absolute atomic E-state index is 10.4. The largest absolute Gasteiger partial charge is 0.469 e. The van der Waals surface area contributed by atoms with E-state index in [0.29, 0.717) is 6.42 Å². The number of hydrogen-bond donors (Lipinski definition) is 3. The second kappa shape index (κ2) is 12.1. The first-order valence-corrected chi connectivity index (χ1v) is 7.99. The summed E-state index contributed by atoms with van der Waals surface area (Å²) < 4.78 is 19.7. The zero-order chi connectivity index (χ0) is 13.7. The first-order chi connectivity index (χ1) is 8.56. The Balaban J connectivity index is 3.01. The predicted octanol–water partition coefficient (Wildman–Crippen LogP) is 1.67. The van der Waals surface area contributed by atoms with Crippen LogP contribution in [0.15, 0.2) is 0 Å². The summed E-state index contributed by atoms with van der Waals surface area (Å²) in [5.74, 6) is 0. The molecule has 18 heavy (non-hydrogen) atoms. The summed E-state index contributed by atoms with van der Waals surface area (Å²) in [4.78, 5) is 16.9. The van der Waals surface area contributed by atoms with Crippen molar-refractivity contribution in [1.29, 1.82) is 0 Å². The van der Waals surface area contributed by atoms with Gasteiger partial charge in [0.05, 0.1) is 6.61 Å². The van der Waals surface area contributed by atoms with Crippen LogP contribution >= 0.6 is 7.82 Å². The third-order valence-electron chi connectivity index (χ3n) is 2.46. The third-order valence-corrected chi connectivity index (χ3v) is 2.98. The van der Waals surface area contributed by atoms with Gasteiger partial charge in [0.1, 0.15) is 0 Å². The molecule has 110 valence electrons. The number of ether oxygens (including phenoxy) is 1. The zero-order valence-corrected chi connectivity index (χ0v) is 12.0. The van der Waals surface area contributed by atoms with E-state index < -0.39 is 7.82 Å². The number of nitrogens with one attached hydrogen (secondary N) is 1. The summed E-state index contributed by atoms with van der Waals surface area (Å²) in [6.45, 7) is 2.97. The monoisotopic (exact) mass is 283 g/mol. The van der Waals surface area contributed by atoms with Crippen LogP contribution in [0.1, 0.15) is 38.5 Å². The van der Waals surface area contributed by atoms with Crippen LogP contribution < -0.4 is 5.32 Å². The highest BCUT2D eigenvalue weighted by atomic mass is 31.2. The lowest BCUT2D eigenvalue weighted by Gasteiger charge is -2.06. The van der Waals surface area contributed by atoms with Crippen molar-refractivity contribution in [3.05, 3.63) is 0 Å². The van der Waals surface area contributed by atoms with Crippen molar-refractivity contribution in [3.8, 4) is 0 Å². The molecule has 0 aliphatic carbocycles. The molecule has 0 aliphatic rings. The highest BCUT2D eigenvalue weighted by molar-refractivity contribution is 7.46. The van der Waals surface area contributed by atoms with E-state index in [9.17, 15) is 4.57 Å². The minimum absolute atomic E-state index is 0.134. The topological polar surface area (TPSA) is 88.0 Å². The van der Waals surface area contributed by atoms with Gasteiger partial charge in [-0.25, -0.2) is 4.57 Å². The van der Waals surface area contributed by atoms with Crippen LogP contribution in [-0.2, 0) is 13.8 Å². The number of phosphoric ester groups is 1. The van der Waals surface area contributed by atoms with E-state index in [4.69, 9.17) is 14.5 Å². The summed E-state index contributed by atoms with van der Waals surface area (Å²) in [6.07, 6.45) is 5.98. The van der Waals surface area contributed by atoms with E-state index in [-0.39, 0.29) is 6.61 Å². The fourth-order valence-corrected chi connectivity index (χ4v) is 1.88. The predicted molar refractivity (Wildman–Crippen MR) is 70.4 cm³/mol. The number of hydrogen-bond acceptors (Lipinski definition) is 4. The van der Waals surface area contributed by atoms with Crippen molar-refractivity contribution >= 4 is 7.82 Å². The van der Waals surface area contributed by atoms with Gasteiger partial charge in [0, 0.05) is 13.7 Å². The highest BCUT2D eigenvalue weighted by Crippen LogP contribution is 2.35. The lowest BCUT2D eigenvalue weighted by atomic mass is 10.2. The lowest BCUT2D eigenvalue weighted by molar-refractivity contribution is 0.192. The van der Waals surface area contributed by atoms with E-state index in [0.717, 1.165) is 51.8 Å². The van der Waals surface area contributed by atoms with Gasteiger partial charge in [0.2, 0.25) is 0 Å². The second-order valence-electron chi connectivity index (χ2n) is 4.19. The average Bonchev–Trinajstić information content (AvgIpc) is 2.29. The van der Waals surface area contributed by atoms with Crippen molar-refractivity contribution < 1.29 is 23.6 Å². The molecule has 0 bridgehead atoms. The Morgan fingerprint density at radius 1 is 0.944 bits per heavy atom. The first kappa shape index (κ1) is 18.0. The van der Waals surface area contributed by atoms with E-state index in [1.165, 1.54) is 0 Å². The van der Waals surface area contributed by atoms with Crippen LogP contribution in [0.5, 0.6) is 0 Å². The normalized spacial score (nSPS) is 11.9. The Morgan fingerprint density at radius 3 is 2.11 bits per heavy atom. The molecule has 0 spiro atoms. The van der Waals surface area contributed by atoms with Crippen molar-refractivity contribution in [3.63, 3.8) is 0 Å². The minimum Gasteiger partial charge on any atom is -0.385 e.